The Morgan fingerprint density at radius 2 is 2.31 bits per heavy atom. The number of nitrogen functional groups attached to an aromatic ring is 1. The number of carbonyl (C=O) groups is 1. The molecule has 0 spiro atoms. The second kappa shape index (κ2) is 4.13. The predicted molar refractivity (Wildman–Crippen MR) is 54.6 cm³/mol. The van der Waals surface area contributed by atoms with Gasteiger partial charge in [0.15, 0.2) is 0 Å². The Bertz CT molecular complexity index is 328. The maximum atomic E-state index is 10.8. The van der Waals surface area contributed by atoms with E-state index in [-0.39, 0.29) is 0 Å². The van der Waals surface area contributed by atoms with Crippen molar-refractivity contribution in [2.24, 2.45) is 0 Å². The van der Waals surface area contributed by atoms with Crippen molar-refractivity contribution in [3.63, 3.8) is 0 Å². The highest BCUT2D eigenvalue weighted by molar-refractivity contribution is 9.10. The number of rotatable bonds is 1. The number of nitrogens with two attached hydrogens (primary N) is 1. The molecule has 0 fully saturated rings. The van der Waals surface area contributed by atoms with Crippen molar-refractivity contribution in [2.75, 3.05) is 18.2 Å². The molecule has 3 N–H and O–H groups in total. The van der Waals surface area contributed by atoms with Gasteiger partial charge in [0.25, 0.3) is 0 Å². The molecule has 0 radical (unpaired) electrons. The van der Waals surface area contributed by atoms with Crippen LogP contribution in [0.3, 0.4) is 0 Å². The maximum Gasteiger partial charge on any atom is 0.411 e. The van der Waals surface area contributed by atoms with Crippen molar-refractivity contribution < 1.29 is 9.53 Å². The topological polar surface area (TPSA) is 64.3 Å². The van der Waals surface area contributed by atoms with E-state index in [0.717, 1.165) is 4.47 Å². The number of carbonyl (C=O) groups excluding carboxylic acids is 1. The van der Waals surface area contributed by atoms with E-state index in [9.17, 15) is 4.79 Å². The molecule has 0 unspecified atom stereocenters. The molecule has 1 amide bonds. The summed E-state index contributed by atoms with van der Waals surface area (Å²) in [6, 6.07) is 5.17. The van der Waals surface area contributed by atoms with Crippen LogP contribution in [0.15, 0.2) is 22.7 Å². The normalized spacial score (nSPS) is 9.38. The minimum absolute atomic E-state index is 0.486. The lowest BCUT2D eigenvalue weighted by atomic mass is 10.3. The van der Waals surface area contributed by atoms with E-state index < -0.39 is 6.09 Å². The van der Waals surface area contributed by atoms with Gasteiger partial charge in [-0.2, -0.15) is 0 Å². The minimum atomic E-state index is -0.533. The molecular formula is C8H9BrN2O2. The van der Waals surface area contributed by atoms with E-state index in [2.05, 4.69) is 26.0 Å². The summed E-state index contributed by atoms with van der Waals surface area (Å²) in [6.07, 6.45) is -0.533. The van der Waals surface area contributed by atoms with Gasteiger partial charge >= 0.3 is 6.09 Å². The lowest BCUT2D eigenvalue weighted by Gasteiger charge is -2.06. The number of methoxy groups -OCH3 is 1. The number of ether oxygens (including phenoxy) is 1. The lowest BCUT2D eigenvalue weighted by Crippen LogP contribution is -2.12. The maximum absolute atomic E-state index is 10.8. The Hall–Kier alpha value is -1.23. The fraction of sp³-hybridized carbons (Fsp3) is 0.125. The summed E-state index contributed by atoms with van der Waals surface area (Å²) in [7, 11) is 1.30. The molecule has 0 saturated carbocycles. The molecule has 1 aromatic rings. The van der Waals surface area contributed by atoms with E-state index in [1.54, 1.807) is 18.2 Å². The molecule has 0 aliphatic heterocycles. The van der Waals surface area contributed by atoms with E-state index in [0.29, 0.717) is 11.4 Å². The molecule has 0 saturated heterocycles. The number of amides is 1. The average Bonchev–Trinajstić information content (AvgIpc) is 2.09. The van der Waals surface area contributed by atoms with Gasteiger partial charge in [-0.05, 0) is 18.2 Å². The molecule has 1 rings (SSSR count). The molecule has 1 aromatic carbocycles. The Morgan fingerprint density at radius 1 is 1.62 bits per heavy atom. The van der Waals surface area contributed by atoms with Crippen molar-refractivity contribution in [1.82, 2.24) is 0 Å². The number of halogens is 1. The molecule has 13 heavy (non-hydrogen) atoms. The summed E-state index contributed by atoms with van der Waals surface area (Å²) in [5.41, 5.74) is 6.65. The summed E-state index contributed by atoms with van der Waals surface area (Å²) in [5, 5.41) is 2.48. The summed E-state index contributed by atoms with van der Waals surface area (Å²) in [5.74, 6) is 0. The zero-order valence-corrected chi connectivity index (χ0v) is 8.59. The Morgan fingerprint density at radius 3 is 2.85 bits per heavy atom. The highest BCUT2D eigenvalue weighted by Gasteiger charge is 2.03. The van der Waals surface area contributed by atoms with Crippen molar-refractivity contribution in [3.8, 4) is 0 Å². The first-order valence-electron chi connectivity index (χ1n) is 3.53. The summed E-state index contributed by atoms with van der Waals surface area (Å²) >= 11 is 3.26. The Kier molecular flexibility index (Phi) is 3.13. The molecule has 0 aliphatic carbocycles. The second-order valence-corrected chi connectivity index (χ2v) is 3.26. The monoisotopic (exact) mass is 244 g/mol. The second-order valence-electron chi connectivity index (χ2n) is 2.35. The average molecular weight is 245 g/mol. The van der Waals surface area contributed by atoms with Crippen LogP contribution >= 0.6 is 15.9 Å². The van der Waals surface area contributed by atoms with Gasteiger partial charge in [-0.25, -0.2) is 4.79 Å². The molecule has 0 atom stereocenters. The largest absolute Gasteiger partial charge is 0.453 e. The highest BCUT2D eigenvalue weighted by atomic mass is 79.9. The fourth-order valence-electron chi connectivity index (χ4n) is 0.808. The molecule has 5 heteroatoms. The Labute approximate surface area is 84.2 Å². The first-order chi connectivity index (χ1) is 6.13. The van der Waals surface area contributed by atoms with Crippen molar-refractivity contribution in [1.29, 1.82) is 0 Å². The van der Waals surface area contributed by atoms with Crippen molar-refractivity contribution in [3.05, 3.63) is 22.7 Å². The van der Waals surface area contributed by atoms with Gasteiger partial charge in [0.2, 0.25) is 0 Å². The highest BCUT2D eigenvalue weighted by Crippen LogP contribution is 2.22. The molecule has 0 bridgehead atoms. The zero-order valence-electron chi connectivity index (χ0n) is 7.00. The van der Waals surface area contributed by atoms with Gasteiger partial charge in [-0.15, -0.1) is 0 Å². The predicted octanol–water partition coefficient (Wildman–Crippen LogP) is 2.21. The lowest BCUT2D eigenvalue weighted by molar-refractivity contribution is 0.187. The van der Waals surface area contributed by atoms with Crippen LogP contribution in [0.25, 0.3) is 0 Å². The van der Waals surface area contributed by atoms with Gasteiger partial charge < -0.3 is 10.5 Å². The number of hydrogen-bond acceptors (Lipinski definition) is 3. The zero-order chi connectivity index (χ0) is 9.84. The van der Waals surface area contributed by atoms with Gasteiger partial charge in [-0.3, -0.25) is 5.32 Å². The molecule has 70 valence electrons. The number of anilines is 2. The smallest absolute Gasteiger partial charge is 0.411 e. The van der Waals surface area contributed by atoms with Gasteiger partial charge in [-0.1, -0.05) is 15.9 Å². The quantitative estimate of drug-likeness (QED) is 0.745. The molecular weight excluding hydrogens is 236 g/mol. The fourth-order valence-corrected chi connectivity index (χ4v) is 1.19. The van der Waals surface area contributed by atoms with Gasteiger partial charge in [0.1, 0.15) is 0 Å². The van der Waals surface area contributed by atoms with Crippen LogP contribution in [-0.4, -0.2) is 13.2 Å². The van der Waals surface area contributed by atoms with Gasteiger partial charge in [0.05, 0.1) is 18.5 Å². The van der Waals surface area contributed by atoms with E-state index >= 15 is 0 Å². The van der Waals surface area contributed by atoms with Crippen molar-refractivity contribution in [2.45, 2.75) is 0 Å². The standard InChI is InChI=1S/C8H9BrN2O2/c1-13-8(12)11-7-3-2-5(9)4-6(7)10/h2-4H,10H2,1H3,(H,11,12). The van der Waals surface area contributed by atoms with E-state index in [4.69, 9.17) is 5.73 Å². The number of nitrogens with one attached hydrogen (secondary N) is 1. The van der Waals surface area contributed by atoms with Crippen LogP contribution in [0, 0.1) is 0 Å². The summed E-state index contributed by atoms with van der Waals surface area (Å²) in [6.45, 7) is 0. The van der Waals surface area contributed by atoms with Crippen LogP contribution in [0.4, 0.5) is 16.2 Å². The SMILES string of the molecule is COC(=O)Nc1ccc(Br)cc1N. The first kappa shape index (κ1) is 9.85. The van der Waals surface area contributed by atoms with Crippen LogP contribution in [0.1, 0.15) is 0 Å². The molecule has 0 aromatic heterocycles. The third-order valence-corrected chi connectivity index (χ3v) is 1.93. The number of hydrogen-bond donors (Lipinski definition) is 2. The van der Waals surface area contributed by atoms with Crippen LogP contribution in [0.2, 0.25) is 0 Å². The molecule has 0 aliphatic rings. The van der Waals surface area contributed by atoms with E-state index in [1.807, 2.05) is 0 Å². The first-order valence-corrected chi connectivity index (χ1v) is 4.33. The van der Waals surface area contributed by atoms with Crippen LogP contribution in [0.5, 0.6) is 0 Å². The summed E-state index contributed by atoms with van der Waals surface area (Å²) in [4.78, 5) is 10.8. The van der Waals surface area contributed by atoms with Crippen LogP contribution < -0.4 is 11.1 Å². The Balaban J connectivity index is 2.83. The number of benzene rings is 1. The summed E-state index contributed by atoms with van der Waals surface area (Å²) < 4.78 is 5.28. The third-order valence-electron chi connectivity index (χ3n) is 1.44. The molecule has 0 heterocycles. The minimum Gasteiger partial charge on any atom is -0.453 e. The van der Waals surface area contributed by atoms with E-state index in [1.165, 1.54) is 7.11 Å². The van der Waals surface area contributed by atoms with Crippen LogP contribution in [-0.2, 0) is 4.74 Å². The van der Waals surface area contributed by atoms with Gasteiger partial charge in [0, 0.05) is 4.47 Å². The third kappa shape index (κ3) is 2.62. The van der Waals surface area contributed by atoms with Crippen molar-refractivity contribution >= 4 is 33.4 Å². The molecule has 4 nitrogen and oxygen atoms in total.